The van der Waals surface area contributed by atoms with E-state index in [1.165, 1.54) is 0 Å². The number of nitrogens with one attached hydrogen (secondary N) is 2. The van der Waals surface area contributed by atoms with Gasteiger partial charge in [-0.1, -0.05) is 36.4 Å². The lowest BCUT2D eigenvalue weighted by atomic mass is 9.88. The van der Waals surface area contributed by atoms with Crippen LogP contribution in [-0.4, -0.2) is 24.6 Å². The third kappa shape index (κ3) is 2.32. The Bertz CT molecular complexity index is 736. The molecule has 0 saturated carbocycles. The minimum absolute atomic E-state index is 0.133. The Labute approximate surface area is 118 Å². The number of hydrogen-bond acceptors (Lipinski definition) is 2. The van der Waals surface area contributed by atoms with Gasteiger partial charge >= 0.3 is 0 Å². The van der Waals surface area contributed by atoms with Gasteiger partial charge in [-0.25, -0.2) is 0 Å². The summed E-state index contributed by atoms with van der Waals surface area (Å²) in [5.74, 6) is -0.900. The summed E-state index contributed by atoms with van der Waals surface area (Å²) in [4.78, 5) is 15.5. The minimum atomic E-state index is -0.767. The van der Waals surface area contributed by atoms with Crippen LogP contribution in [0.4, 0.5) is 5.69 Å². The van der Waals surface area contributed by atoms with E-state index in [0.717, 1.165) is 16.6 Å². The van der Waals surface area contributed by atoms with E-state index in [0.29, 0.717) is 5.56 Å². The molecule has 1 unspecified atom stereocenters. The zero-order valence-electron chi connectivity index (χ0n) is 10.8. The largest absolute Gasteiger partial charge is 0.383 e. The van der Waals surface area contributed by atoms with E-state index >= 15 is 0 Å². The lowest BCUT2D eigenvalue weighted by molar-refractivity contribution is 0.0995. The SMILES string of the molecule is [B]C(Nc1ccccc1)C(=O)c1c[nH]c2ccccc12. The van der Waals surface area contributed by atoms with E-state index in [1.807, 2.05) is 54.6 Å². The number of carbonyl (C=O) groups is 1. The van der Waals surface area contributed by atoms with E-state index in [9.17, 15) is 4.79 Å². The second-order valence-electron chi connectivity index (χ2n) is 4.60. The summed E-state index contributed by atoms with van der Waals surface area (Å²) in [6, 6.07) is 17.1. The van der Waals surface area contributed by atoms with Crippen LogP contribution in [0.25, 0.3) is 10.9 Å². The highest BCUT2D eigenvalue weighted by Gasteiger charge is 2.17. The summed E-state index contributed by atoms with van der Waals surface area (Å²) in [5.41, 5.74) is 2.37. The quantitative estimate of drug-likeness (QED) is 0.559. The normalized spacial score (nSPS) is 12.2. The van der Waals surface area contributed by atoms with Crippen molar-refractivity contribution in [1.82, 2.24) is 4.98 Å². The molecule has 0 amide bonds. The van der Waals surface area contributed by atoms with E-state index in [-0.39, 0.29) is 5.78 Å². The maximum Gasteiger partial charge on any atom is 0.177 e. The molecule has 1 atom stereocenters. The first-order chi connectivity index (χ1) is 9.75. The van der Waals surface area contributed by atoms with Crippen LogP contribution >= 0.6 is 0 Å². The number of rotatable bonds is 4. The molecule has 0 saturated heterocycles. The van der Waals surface area contributed by atoms with Crippen LogP contribution in [0.3, 0.4) is 0 Å². The first kappa shape index (κ1) is 12.5. The van der Waals surface area contributed by atoms with Crippen molar-refractivity contribution < 1.29 is 4.79 Å². The van der Waals surface area contributed by atoms with Crippen molar-refractivity contribution in [2.24, 2.45) is 0 Å². The number of carbonyl (C=O) groups excluding carboxylic acids is 1. The van der Waals surface area contributed by atoms with E-state index in [2.05, 4.69) is 10.3 Å². The molecular formula is C16H13BN2O. The predicted molar refractivity (Wildman–Crippen MR) is 82.2 cm³/mol. The van der Waals surface area contributed by atoms with Crippen LogP contribution in [0.1, 0.15) is 10.4 Å². The van der Waals surface area contributed by atoms with Gasteiger partial charge in [0, 0.05) is 34.3 Å². The molecule has 0 spiro atoms. The molecule has 0 aliphatic carbocycles. The van der Waals surface area contributed by atoms with E-state index in [4.69, 9.17) is 7.85 Å². The van der Waals surface area contributed by atoms with Crippen molar-refractivity contribution in [3.05, 3.63) is 66.4 Å². The van der Waals surface area contributed by atoms with Crippen LogP contribution in [0.2, 0.25) is 0 Å². The van der Waals surface area contributed by atoms with Gasteiger partial charge in [-0.05, 0) is 18.2 Å². The fourth-order valence-electron chi connectivity index (χ4n) is 2.22. The number of H-pyrrole nitrogens is 1. The lowest BCUT2D eigenvalue weighted by Gasteiger charge is -2.14. The first-order valence-corrected chi connectivity index (χ1v) is 6.43. The number of aromatic amines is 1. The Morgan fingerprint density at radius 1 is 1.05 bits per heavy atom. The van der Waals surface area contributed by atoms with E-state index in [1.54, 1.807) is 6.20 Å². The van der Waals surface area contributed by atoms with Gasteiger partial charge in [0.1, 0.15) is 7.85 Å². The summed E-state index contributed by atoms with van der Waals surface area (Å²) in [7, 11) is 5.96. The van der Waals surface area contributed by atoms with Crippen LogP contribution in [0.15, 0.2) is 60.8 Å². The van der Waals surface area contributed by atoms with Gasteiger partial charge in [0.15, 0.2) is 5.78 Å². The van der Waals surface area contributed by atoms with Crippen LogP contribution in [-0.2, 0) is 0 Å². The molecule has 3 aromatic rings. The second kappa shape index (κ2) is 5.25. The molecule has 2 aromatic carbocycles. The van der Waals surface area contributed by atoms with Gasteiger partial charge in [-0.3, -0.25) is 4.79 Å². The summed E-state index contributed by atoms with van der Waals surface area (Å²) in [6.07, 6.45) is 1.71. The number of benzene rings is 2. The third-order valence-corrected chi connectivity index (χ3v) is 3.23. The van der Waals surface area contributed by atoms with Crippen LogP contribution < -0.4 is 5.32 Å². The monoisotopic (exact) mass is 260 g/mol. The van der Waals surface area contributed by atoms with Crippen molar-refractivity contribution in [3.63, 3.8) is 0 Å². The fourth-order valence-corrected chi connectivity index (χ4v) is 2.22. The van der Waals surface area contributed by atoms with Crippen molar-refractivity contribution in [1.29, 1.82) is 0 Å². The average molecular weight is 260 g/mol. The molecule has 1 heterocycles. The standard InChI is InChI=1S/C16H13BN2O/c17-16(19-11-6-2-1-3-7-11)15(20)13-10-18-14-9-5-4-8-12(13)14/h1-10,16,18-19H. The molecule has 0 bridgehead atoms. The highest BCUT2D eigenvalue weighted by Crippen LogP contribution is 2.19. The fraction of sp³-hybridized carbons (Fsp3) is 0.0625. The van der Waals surface area contributed by atoms with Gasteiger partial charge in [0.2, 0.25) is 0 Å². The smallest absolute Gasteiger partial charge is 0.177 e. The molecular weight excluding hydrogens is 247 g/mol. The van der Waals surface area contributed by atoms with Gasteiger partial charge < -0.3 is 10.3 Å². The van der Waals surface area contributed by atoms with Gasteiger partial charge in [0.05, 0.1) is 0 Å². The summed E-state index contributed by atoms with van der Waals surface area (Å²) < 4.78 is 0. The zero-order valence-corrected chi connectivity index (χ0v) is 10.8. The molecule has 0 fully saturated rings. The molecule has 0 aliphatic rings. The minimum Gasteiger partial charge on any atom is -0.383 e. The molecule has 3 nitrogen and oxygen atoms in total. The maximum atomic E-state index is 12.4. The molecule has 0 aliphatic heterocycles. The van der Waals surface area contributed by atoms with Gasteiger partial charge in [-0.15, -0.1) is 0 Å². The van der Waals surface area contributed by atoms with Crippen LogP contribution in [0.5, 0.6) is 0 Å². The summed E-state index contributed by atoms with van der Waals surface area (Å²) >= 11 is 0. The van der Waals surface area contributed by atoms with Gasteiger partial charge in [0.25, 0.3) is 0 Å². The maximum absolute atomic E-state index is 12.4. The Hall–Kier alpha value is -2.49. The highest BCUT2D eigenvalue weighted by atomic mass is 16.1. The molecule has 2 radical (unpaired) electrons. The topological polar surface area (TPSA) is 44.9 Å². The number of hydrogen-bond donors (Lipinski definition) is 2. The lowest BCUT2D eigenvalue weighted by Crippen LogP contribution is -2.29. The Morgan fingerprint density at radius 2 is 1.75 bits per heavy atom. The molecule has 20 heavy (non-hydrogen) atoms. The van der Waals surface area contributed by atoms with E-state index < -0.39 is 5.94 Å². The highest BCUT2D eigenvalue weighted by molar-refractivity contribution is 6.31. The molecule has 2 N–H and O–H groups in total. The first-order valence-electron chi connectivity index (χ1n) is 6.43. The number of ketones is 1. The molecule has 3 rings (SSSR count). The predicted octanol–water partition coefficient (Wildman–Crippen LogP) is 2.96. The number of para-hydroxylation sites is 2. The average Bonchev–Trinajstić information content (AvgIpc) is 2.91. The number of aromatic nitrogens is 1. The Balaban J connectivity index is 1.85. The Morgan fingerprint density at radius 3 is 2.55 bits per heavy atom. The van der Waals surface area contributed by atoms with Crippen molar-refractivity contribution in [2.75, 3.05) is 5.32 Å². The number of fused-ring (bicyclic) bond motifs is 1. The second-order valence-corrected chi connectivity index (χ2v) is 4.60. The number of Topliss-reactive ketones (excluding diaryl/α,β-unsaturated/α-hetero) is 1. The molecule has 4 heteroatoms. The van der Waals surface area contributed by atoms with Crippen molar-refractivity contribution in [2.45, 2.75) is 5.94 Å². The summed E-state index contributed by atoms with van der Waals surface area (Å²) in [5, 5.41) is 3.90. The van der Waals surface area contributed by atoms with Crippen molar-refractivity contribution >= 4 is 30.2 Å². The molecule has 1 aromatic heterocycles. The zero-order chi connectivity index (χ0) is 13.9. The summed E-state index contributed by atoms with van der Waals surface area (Å²) in [6.45, 7) is 0. The Kier molecular flexibility index (Phi) is 3.29. The third-order valence-electron chi connectivity index (χ3n) is 3.23. The van der Waals surface area contributed by atoms with Crippen molar-refractivity contribution in [3.8, 4) is 0 Å². The van der Waals surface area contributed by atoms with Gasteiger partial charge in [-0.2, -0.15) is 0 Å². The number of anilines is 1. The molecule has 96 valence electrons. The van der Waals surface area contributed by atoms with Crippen LogP contribution in [0, 0.1) is 0 Å².